The number of ether oxygens (including phenoxy) is 6. The Kier molecular flexibility index (Phi) is 10.9. The standard InChI is InChI=1S/C30H36O6/c1-31-17-18-33-30-29(35-22-26-15-9-4-10-16-26)28(34-21-25-13-7-3-8-14-25)19-27(36-30)23-32-20-24-11-5-2-6-12-24/h2-16,27-30H,17-23H2,1H3/t27-,28-,29-,30-/m1/s1. The van der Waals surface area contributed by atoms with Crippen LogP contribution >= 0.6 is 0 Å². The summed E-state index contributed by atoms with van der Waals surface area (Å²) in [6, 6.07) is 30.4. The first-order valence-corrected chi connectivity index (χ1v) is 12.5. The first kappa shape index (κ1) is 26.5. The van der Waals surface area contributed by atoms with E-state index in [-0.39, 0.29) is 12.2 Å². The van der Waals surface area contributed by atoms with Crippen molar-refractivity contribution in [3.8, 4) is 0 Å². The molecular formula is C30H36O6. The summed E-state index contributed by atoms with van der Waals surface area (Å²) >= 11 is 0. The predicted octanol–water partition coefficient (Wildman–Crippen LogP) is 5.15. The Hall–Kier alpha value is -2.58. The van der Waals surface area contributed by atoms with E-state index in [1.165, 1.54) is 0 Å². The second-order valence-electron chi connectivity index (χ2n) is 8.82. The number of rotatable bonds is 14. The van der Waals surface area contributed by atoms with Crippen molar-refractivity contribution in [2.45, 2.75) is 50.8 Å². The molecule has 192 valence electrons. The Labute approximate surface area is 214 Å². The Balaban J connectivity index is 1.44. The van der Waals surface area contributed by atoms with Gasteiger partial charge in [-0.15, -0.1) is 0 Å². The summed E-state index contributed by atoms with van der Waals surface area (Å²) in [6.45, 7) is 2.76. The first-order chi connectivity index (χ1) is 17.8. The van der Waals surface area contributed by atoms with Crippen LogP contribution < -0.4 is 0 Å². The van der Waals surface area contributed by atoms with Gasteiger partial charge in [-0.3, -0.25) is 0 Å². The van der Waals surface area contributed by atoms with E-state index in [4.69, 9.17) is 28.4 Å². The maximum Gasteiger partial charge on any atom is 0.186 e. The molecule has 0 spiro atoms. The first-order valence-electron chi connectivity index (χ1n) is 12.5. The fraction of sp³-hybridized carbons (Fsp3) is 0.400. The van der Waals surface area contributed by atoms with Gasteiger partial charge in [-0.1, -0.05) is 91.0 Å². The average molecular weight is 493 g/mol. The lowest BCUT2D eigenvalue weighted by Gasteiger charge is -2.41. The molecular weight excluding hydrogens is 456 g/mol. The Morgan fingerprint density at radius 1 is 0.667 bits per heavy atom. The highest BCUT2D eigenvalue weighted by Crippen LogP contribution is 2.28. The van der Waals surface area contributed by atoms with Gasteiger partial charge in [-0.25, -0.2) is 0 Å². The zero-order chi connectivity index (χ0) is 24.8. The van der Waals surface area contributed by atoms with Crippen LogP contribution in [-0.2, 0) is 48.2 Å². The summed E-state index contributed by atoms with van der Waals surface area (Å²) in [5.74, 6) is 0. The van der Waals surface area contributed by atoms with Crippen LogP contribution in [0, 0.1) is 0 Å². The van der Waals surface area contributed by atoms with Crippen molar-refractivity contribution >= 4 is 0 Å². The highest BCUT2D eigenvalue weighted by Gasteiger charge is 2.41. The van der Waals surface area contributed by atoms with E-state index in [2.05, 4.69) is 24.3 Å². The summed E-state index contributed by atoms with van der Waals surface area (Å²) in [5, 5.41) is 0. The van der Waals surface area contributed by atoms with E-state index in [1.807, 2.05) is 66.7 Å². The van der Waals surface area contributed by atoms with Gasteiger partial charge in [-0.2, -0.15) is 0 Å². The lowest BCUT2D eigenvalue weighted by molar-refractivity contribution is -0.294. The lowest BCUT2D eigenvalue weighted by Crippen LogP contribution is -2.53. The van der Waals surface area contributed by atoms with E-state index in [0.29, 0.717) is 46.1 Å². The molecule has 0 aromatic heterocycles. The topological polar surface area (TPSA) is 55.4 Å². The van der Waals surface area contributed by atoms with Crippen LogP contribution in [0.3, 0.4) is 0 Å². The molecule has 0 saturated carbocycles. The maximum atomic E-state index is 6.43. The molecule has 36 heavy (non-hydrogen) atoms. The molecule has 3 aromatic rings. The third-order valence-corrected chi connectivity index (χ3v) is 6.03. The third kappa shape index (κ3) is 8.52. The third-order valence-electron chi connectivity index (χ3n) is 6.03. The van der Waals surface area contributed by atoms with E-state index in [1.54, 1.807) is 7.11 Å². The molecule has 4 atom stereocenters. The van der Waals surface area contributed by atoms with E-state index in [9.17, 15) is 0 Å². The van der Waals surface area contributed by atoms with Crippen molar-refractivity contribution in [1.82, 2.24) is 0 Å². The molecule has 0 unspecified atom stereocenters. The normalized spacial score (nSPS) is 21.9. The molecule has 0 bridgehead atoms. The van der Waals surface area contributed by atoms with Gasteiger partial charge < -0.3 is 28.4 Å². The maximum absolute atomic E-state index is 6.43. The largest absolute Gasteiger partial charge is 0.382 e. The number of hydrogen-bond donors (Lipinski definition) is 0. The van der Waals surface area contributed by atoms with Gasteiger partial charge in [-0.05, 0) is 16.7 Å². The van der Waals surface area contributed by atoms with Gasteiger partial charge in [0.15, 0.2) is 6.29 Å². The Bertz CT molecular complexity index is 969. The summed E-state index contributed by atoms with van der Waals surface area (Å²) in [5.41, 5.74) is 3.32. The molecule has 0 aliphatic carbocycles. The Morgan fingerprint density at radius 2 is 1.22 bits per heavy atom. The summed E-state index contributed by atoms with van der Waals surface area (Å²) < 4.78 is 36.4. The highest BCUT2D eigenvalue weighted by molar-refractivity contribution is 5.15. The van der Waals surface area contributed by atoms with Gasteiger partial charge in [0.2, 0.25) is 0 Å². The quantitative estimate of drug-likeness (QED) is 0.290. The molecule has 0 amide bonds. The smallest absolute Gasteiger partial charge is 0.186 e. The second kappa shape index (κ2) is 14.9. The van der Waals surface area contributed by atoms with Crippen LogP contribution in [0.5, 0.6) is 0 Å². The molecule has 6 nitrogen and oxygen atoms in total. The van der Waals surface area contributed by atoms with Gasteiger partial charge in [0.05, 0.1) is 51.8 Å². The van der Waals surface area contributed by atoms with E-state index >= 15 is 0 Å². The predicted molar refractivity (Wildman–Crippen MR) is 137 cm³/mol. The van der Waals surface area contributed by atoms with Crippen molar-refractivity contribution in [1.29, 1.82) is 0 Å². The van der Waals surface area contributed by atoms with Gasteiger partial charge in [0, 0.05) is 13.5 Å². The number of benzene rings is 3. The van der Waals surface area contributed by atoms with E-state index in [0.717, 1.165) is 16.7 Å². The highest BCUT2D eigenvalue weighted by atomic mass is 16.7. The van der Waals surface area contributed by atoms with Crippen molar-refractivity contribution < 1.29 is 28.4 Å². The molecule has 1 heterocycles. The number of methoxy groups -OCH3 is 1. The lowest BCUT2D eigenvalue weighted by atomic mass is 10.0. The van der Waals surface area contributed by atoms with Crippen LogP contribution in [0.15, 0.2) is 91.0 Å². The zero-order valence-electron chi connectivity index (χ0n) is 20.9. The SMILES string of the molecule is COCCO[C@@H]1O[C@@H](COCc2ccccc2)C[C@@H](OCc2ccccc2)[C@H]1OCc1ccccc1. The monoisotopic (exact) mass is 492 g/mol. The molecule has 1 fully saturated rings. The fourth-order valence-electron chi connectivity index (χ4n) is 4.16. The van der Waals surface area contributed by atoms with Gasteiger partial charge >= 0.3 is 0 Å². The molecule has 6 heteroatoms. The van der Waals surface area contributed by atoms with Crippen LogP contribution in [0.1, 0.15) is 23.1 Å². The molecule has 1 aliphatic heterocycles. The average Bonchev–Trinajstić information content (AvgIpc) is 2.93. The van der Waals surface area contributed by atoms with Gasteiger partial charge in [0.1, 0.15) is 6.10 Å². The van der Waals surface area contributed by atoms with Crippen molar-refractivity contribution in [3.63, 3.8) is 0 Å². The summed E-state index contributed by atoms with van der Waals surface area (Å²) in [6.07, 6.45) is -0.746. The molecule has 1 saturated heterocycles. The van der Waals surface area contributed by atoms with E-state index < -0.39 is 12.4 Å². The Morgan fingerprint density at radius 3 is 1.81 bits per heavy atom. The molecule has 4 rings (SSSR count). The van der Waals surface area contributed by atoms with Crippen molar-refractivity contribution in [2.24, 2.45) is 0 Å². The summed E-state index contributed by atoms with van der Waals surface area (Å²) in [7, 11) is 1.65. The second-order valence-corrected chi connectivity index (χ2v) is 8.82. The van der Waals surface area contributed by atoms with Gasteiger partial charge in [0.25, 0.3) is 0 Å². The minimum atomic E-state index is -0.594. The van der Waals surface area contributed by atoms with Crippen molar-refractivity contribution in [2.75, 3.05) is 26.9 Å². The fourth-order valence-corrected chi connectivity index (χ4v) is 4.16. The molecule has 0 N–H and O–H groups in total. The van der Waals surface area contributed by atoms with Crippen LogP contribution in [0.4, 0.5) is 0 Å². The van der Waals surface area contributed by atoms with Crippen LogP contribution in [0.25, 0.3) is 0 Å². The molecule has 1 aliphatic rings. The van der Waals surface area contributed by atoms with Crippen LogP contribution in [-0.4, -0.2) is 51.5 Å². The minimum absolute atomic E-state index is 0.182. The summed E-state index contributed by atoms with van der Waals surface area (Å²) in [4.78, 5) is 0. The van der Waals surface area contributed by atoms with Crippen molar-refractivity contribution in [3.05, 3.63) is 108 Å². The zero-order valence-corrected chi connectivity index (χ0v) is 20.9. The molecule has 0 radical (unpaired) electrons. The molecule has 3 aromatic carbocycles. The number of hydrogen-bond acceptors (Lipinski definition) is 6. The van der Waals surface area contributed by atoms with Crippen LogP contribution in [0.2, 0.25) is 0 Å². The minimum Gasteiger partial charge on any atom is -0.382 e.